The predicted molar refractivity (Wildman–Crippen MR) is 108 cm³/mol. The lowest BCUT2D eigenvalue weighted by Crippen LogP contribution is -2.36. The van der Waals surface area contributed by atoms with Crippen LogP contribution in [0.1, 0.15) is 30.1 Å². The zero-order valence-corrected chi connectivity index (χ0v) is 16.0. The van der Waals surface area contributed by atoms with Gasteiger partial charge in [0.1, 0.15) is 11.6 Å². The Kier molecular flexibility index (Phi) is 6.43. The van der Waals surface area contributed by atoms with Crippen LogP contribution in [0, 0.1) is 5.82 Å². The van der Waals surface area contributed by atoms with Crippen molar-refractivity contribution >= 4 is 16.9 Å². The van der Waals surface area contributed by atoms with Gasteiger partial charge in [0.15, 0.2) is 0 Å². The average molecular weight is 399 g/mol. The van der Waals surface area contributed by atoms with Gasteiger partial charge in [0.25, 0.3) is 5.91 Å². The number of aryl methyl sites for hydroxylation is 1. The molecule has 0 bridgehead atoms. The van der Waals surface area contributed by atoms with Crippen LogP contribution in [0.5, 0.6) is 5.75 Å². The van der Waals surface area contributed by atoms with Crippen LogP contribution >= 0.6 is 0 Å². The first-order valence-electron chi connectivity index (χ1n) is 9.43. The van der Waals surface area contributed by atoms with E-state index in [2.05, 4.69) is 10.3 Å². The molecule has 0 aliphatic heterocycles. The van der Waals surface area contributed by atoms with E-state index in [1.807, 2.05) is 0 Å². The van der Waals surface area contributed by atoms with Crippen LogP contribution < -0.4 is 21.2 Å². The molecule has 152 valence electrons. The van der Waals surface area contributed by atoms with E-state index in [0.29, 0.717) is 48.5 Å². The van der Waals surface area contributed by atoms with Crippen LogP contribution in [0.4, 0.5) is 4.39 Å². The fourth-order valence-electron chi connectivity index (χ4n) is 2.99. The van der Waals surface area contributed by atoms with Gasteiger partial charge in [-0.3, -0.25) is 14.4 Å². The topological polar surface area (TPSA) is 93.2 Å². The van der Waals surface area contributed by atoms with Gasteiger partial charge in [-0.25, -0.2) is 4.39 Å². The van der Waals surface area contributed by atoms with Crippen molar-refractivity contribution in [1.82, 2.24) is 14.9 Å². The fourth-order valence-corrected chi connectivity index (χ4v) is 2.99. The lowest BCUT2D eigenvalue weighted by atomic mass is 10.1. The van der Waals surface area contributed by atoms with E-state index in [9.17, 15) is 18.8 Å². The first kappa shape index (κ1) is 20.3. The van der Waals surface area contributed by atoms with Crippen molar-refractivity contribution < 1.29 is 13.9 Å². The molecule has 1 amide bonds. The molecule has 1 aromatic heterocycles. The minimum Gasteiger partial charge on any atom is -0.494 e. The molecule has 0 unspecified atom stereocenters. The standard InChI is InChI=1S/C21H22FN3O4/c1-2-25-18-10-5-14(13-17(18)24-20(27)21(25)28)19(26)23-11-3-4-12-29-16-8-6-15(22)7-9-16/h5-10,13H,2-4,11-12H2,1H3,(H,23,26)(H,24,27). The number of fused-ring (bicyclic) bond motifs is 1. The van der Waals surface area contributed by atoms with Crippen LogP contribution in [0.2, 0.25) is 0 Å². The van der Waals surface area contributed by atoms with E-state index < -0.39 is 11.1 Å². The number of unbranched alkanes of at least 4 members (excludes halogenated alkanes) is 1. The number of nitrogens with one attached hydrogen (secondary N) is 2. The van der Waals surface area contributed by atoms with Gasteiger partial charge in [-0.1, -0.05) is 0 Å². The number of rotatable bonds is 8. The SMILES string of the molecule is CCn1c(=O)c(=O)[nH]c2cc(C(=O)NCCCCOc3ccc(F)cc3)ccc21. The Morgan fingerprint density at radius 3 is 2.62 bits per heavy atom. The molecule has 1 heterocycles. The summed E-state index contributed by atoms with van der Waals surface area (Å²) in [5, 5.41) is 2.82. The number of hydrogen-bond donors (Lipinski definition) is 2. The Morgan fingerprint density at radius 1 is 1.14 bits per heavy atom. The summed E-state index contributed by atoms with van der Waals surface area (Å²) in [5.41, 5.74) is 0.0959. The number of halogens is 1. The smallest absolute Gasteiger partial charge is 0.316 e. The van der Waals surface area contributed by atoms with Crippen molar-refractivity contribution in [3.63, 3.8) is 0 Å². The van der Waals surface area contributed by atoms with Gasteiger partial charge in [-0.15, -0.1) is 0 Å². The van der Waals surface area contributed by atoms with Gasteiger partial charge in [0.05, 0.1) is 17.6 Å². The molecule has 0 fully saturated rings. The number of carbonyl (C=O) groups is 1. The summed E-state index contributed by atoms with van der Waals surface area (Å²) >= 11 is 0. The minimum absolute atomic E-state index is 0.263. The largest absolute Gasteiger partial charge is 0.494 e. The summed E-state index contributed by atoms with van der Waals surface area (Å²) in [7, 11) is 0. The van der Waals surface area contributed by atoms with Gasteiger partial charge >= 0.3 is 11.1 Å². The number of amides is 1. The van der Waals surface area contributed by atoms with Crippen molar-refractivity contribution in [2.75, 3.05) is 13.2 Å². The van der Waals surface area contributed by atoms with Gasteiger partial charge in [-0.05, 0) is 62.2 Å². The summed E-state index contributed by atoms with van der Waals surface area (Å²) in [5.74, 6) is 0.0309. The summed E-state index contributed by atoms with van der Waals surface area (Å²) < 4.78 is 19.7. The molecular formula is C21H22FN3O4. The van der Waals surface area contributed by atoms with E-state index in [4.69, 9.17) is 4.74 Å². The summed E-state index contributed by atoms with van der Waals surface area (Å²) in [6, 6.07) is 10.7. The van der Waals surface area contributed by atoms with E-state index in [0.717, 1.165) is 6.42 Å². The summed E-state index contributed by atoms with van der Waals surface area (Å²) in [6.45, 7) is 3.08. The molecule has 2 aromatic carbocycles. The predicted octanol–water partition coefficient (Wildman–Crippen LogP) is 2.44. The number of hydrogen-bond acceptors (Lipinski definition) is 4. The number of aromatic nitrogens is 2. The maximum absolute atomic E-state index is 12.8. The highest BCUT2D eigenvalue weighted by atomic mass is 19.1. The number of aromatic amines is 1. The fraction of sp³-hybridized carbons (Fsp3) is 0.286. The quantitative estimate of drug-likeness (QED) is 0.449. The molecule has 8 heteroatoms. The van der Waals surface area contributed by atoms with Crippen LogP contribution in [0.3, 0.4) is 0 Å². The number of nitrogens with zero attached hydrogens (tertiary/aromatic N) is 1. The summed E-state index contributed by atoms with van der Waals surface area (Å²) in [6.07, 6.45) is 1.44. The molecule has 2 N–H and O–H groups in total. The summed E-state index contributed by atoms with van der Waals surface area (Å²) in [4.78, 5) is 38.5. The number of H-pyrrole nitrogens is 1. The van der Waals surface area contributed by atoms with Gasteiger partial charge in [0.2, 0.25) is 0 Å². The molecule has 0 saturated heterocycles. The molecule has 0 aliphatic rings. The van der Waals surface area contributed by atoms with Gasteiger partial charge in [0, 0.05) is 18.7 Å². The molecule has 0 spiro atoms. The Morgan fingerprint density at radius 2 is 1.90 bits per heavy atom. The van der Waals surface area contributed by atoms with E-state index >= 15 is 0 Å². The highest BCUT2D eigenvalue weighted by Crippen LogP contribution is 2.12. The number of ether oxygens (including phenoxy) is 1. The number of carbonyl (C=O) groups excluding carboxylic acids is 1. The average Bonchev–Trinajstić information content (AvgIpc) is 2.72. The monoisotopic (exact) mass is 399 g/mol. The highest BCUT2D eigenvalue weighted by molar-refractivity contribution is 5.97. The maximum atomic E-state index is 12.8. The Balaban J connectivity index is 1.52. The molecule has 7 nitrogen and oxygen atoms in total. The molecule has 3 aromatic rings. The molecular weight excluding hydrogens is 377 g/mol. The van der Waals surface area contributed by atoms with Crippen LogP contribution in [0.25, 0.3) is 11.0 Å². The third-order valence-corrected chi connectivity index (χ3v) is 4.49. The van der Waals surface area contributed by atoms with Gasteiger partial charge in [-0.2, -0.15) is 0 Å². The molecule has 0 aliphatic carbocycles. The zero-order chi connectivity index (χ0) is 20.8. The van der Waals surface area contributed by atoms with Crippen molar-refractivity contribution in [2.24, 2.45) is 0 Å². The molecule has 29 heavy (non-hydrogen) atoms. The molecule has 0 radical (unpaired) electrons. The van der Waals surface area contributed by atoms with Crippen LogP contribution in [-0.4, -0.2) is 28.6 Å². The van der Waals surface area contributed by atoms with Crippen molar-refractivity contribution in [3.05, 3.63) is 74.6 Å². The Labute approximate surface area is 166 Å². The lowest BCUT2D eigenvalue weighted by molar-refractivity contribution is 0.0952. The van der Waals surface area contributed by atoms with E-state index in [-0.39, 0.29) is 11.7 Å². The van der Waals surface area contributed by atoms with Crippen LogP contribution in [0.15, 0.2) is 52.1 Å². The highest BCUT2D eigenvalue weighted by Gasteiger charge is 2.10. The van der Waals surface area contributed by atoms with Crippen molar-refractivity contribution in [3.8, 4) is 5.75 Å². The second kappa shape index (κ2) is 9.18. The van der Waals surface area contributed by atoms with E-state index in [1.54, 1.807) is 37.3 Å². The first-order valence-corrected chi connectivity index (χ1v) is 9.43. The third kappa shape index (κ3) is 4.90. The Hall–Kier alpha value is -3.42. The normalized spacial score (nSPS) is 10.8. The first-order chi connectivity index (χ1) is 14.0. The molecule has 3 rings (SSSR count). The molecule has 0 atom stereocenters. The molecule has 0 saturated carbocycles. The third-order valence-electron chi connectivity index (χ3n) is 4.49. The maximum Gasteiger partial charge on any atom is 0.316 e. The number of benzene rings is 2. The minimum atomic E-state index is -0.710. The van der Waals surface area contributed by atoms with E-state index in [1.165, 1.54) is 16.7 Å². The van der Waals surface area contributed by atoms with Crippen molar-refractivity contribution in [2.45, 2.75) is 26.3 Å². The second-order valence-corrected chi connectivity index (χ2v) is 6.50. The lowest BCUT2D eigenvalue weighted by Gasteiger charge is -2.10. The zero-order valence-electron chi connectivity index (χ0n) is 16.0. The Bertz CT molecular complexity index is 1120. The van der Waals surface area contributed by atoms with Crippen LogP contribution in [-0.2, 0) is 6.54 Å². The van der Waals surface area contributed by atoms with Gasteiger partial charge < -0.3 is 19.6 Å². The van der Waals surface area contributed by atoms with Crippen molar-refractivity contribution in [1.29, 1.82) is 0 Å². The second-order valence-electron chi connectivity index (χ2n) is 6.50.